The molecule has 4 heteroatoms. The Labute approximate surface area is 150 Å². The van der Waals surface area contributed by atoms with Crippen molar-refractivity contribution in [3.05, 3.63) is 35.1 Å². The predicted molar refractivity (Wildman–Crippen MR) is 100 cm³/mol. The first-order valence-corrected chi connectivity index (χ1v) is 9.69. The van der Waals surface area contributed by atoms with Crippen molar-refractivity contribution in [2.45, 2.75) is 65.2 Å². The summed E-state index contributed by atoms with van der Waals surface area (Å²) in [6.07, 6.45) is 13.8. The van der Waals surface area contributed by atoms with Crippen LogP contribution in [0.2, 0.25) is 0 Å². The summed E-state index contributed by atoms with van der Waals surface area (Å²) in [4.78, 5) is 29.2. The highest BCUT2D eigenvalue weighted by Gasteiger charge is 2.33. The lowest BCUT2D eigenvalue weighted by atomic mass is 9.77. The van der Waals surface area contributed by atoms with Crippen LogP contribution in [0.25, 0.3) is 0 Å². The molecule has 4 nitrogen and oxygen atoms in total. The summed E-state index contributed by atoms with van der Waals surface area (Å²) < 4.78 is 0. The first kappa shape index (κ1) is 17.8. The minimum Gasteiger partial charge on any atom is -0.325 e. The Hall–Kier alpha value is -1.97. The van der Waals surface area contributed by atoms with Crippen molar-refractivity contribution < 1.29 is 9.59 Å². The van der Waals surface area contributed by atoms with Crippen molar-refractivity contribution in [3.63, 3.8) is 0 Å². The van der Waals surface area contributed by atoms with Crippen LogP contribution in [0.3, 0.4) is 0 Å². The molecule has 134 valence electrons. The molecule has 0 aromatic rings. The average molecular weight is 340 g/mol. The van der Waals surface area contributed by atoms with E-state index in [0.29, 0.717) is 5.71 Å². The van der Waals surface area contributed by atoms with Gasteiger partial charge in [0.1, 0.15) is 0 Å². The van der Waals surface area contributed by atoms with Gasteiger partial charge in [-0.25, -0.2) is 4.99 Å². The van der Waals surface area contributed by atoms with Crippen molar-refractivity contribution in [1.82, 2.24) is 5.32 Å². The molecule has 3 rings (SSSR count). The number of nitrogens with one attached hydrogen (secondary N) is 1. The standard InChI is InChI=1S/C21H28N2O2/c1-3-7-14(8-4-2)20(24)22-15-11-12-17-16-9-5-6-10-18(16)21(25)23-19(17)13-15/h11-14,17H,3-10H2,1-2H3,(H,23,25). The summed E-state index contributed by atoms with van der Waals surface area (Å²) in [7, 11) is 0. The zero-order valence-electron chi connectivity index (χ0n) is 15.3. The molecule has 1 atom stereocenters. The van der Waals surface area contributed by atoms with Gasteiger partial charge in [0.05, 0.1) is 5.71 Å². The maximum Gasteiger partial charge on any atom is 0.251 e. The van der Waals surface area contributed by atoms with Crippen molar-refractivity contribution in [1.29, 1.82) is 0 Å². The number of rotatable bonds is 5. The van der Waals surface area contributed by atoms with Crippen LogP contribution < -0.4 is 5.32 Å². The molecule has 0 saturated carbocycles. The molecular weight excluding hydrogens is 312 g/mol. The molecule has 0 saturated heterocycles. The number of aliphatic imine (C=N–C) groups is 1. The van der Waals surface area contributed by atoms with Gasteiger partial charge in [-0.05, 0) is 56.3 Å². The number of amides is 2. The van der Waals surface area contributed by atoms with E-state index in [-0.39, 0.29) is 23.7 Å². The van der Waals surface area contributed by atoms with E-state index in [4.69, 9.17) is 0 Å². The monoisotopic (exact) mass is 340 g/mol. The van der Waals surface area contributed by atoms with E-state index < -0.39 is 0 Å². The summed E-state index contributed by atoms with van der Waals surface area (Å²) >= 11 is 0. The molecular formula is C21H28N2O2. The van der Waals surface area contributed by atoms with E-state index in [9.17, 15) is 9.59 Å². The third-order valence-electron chi connectivity index (χ3n) is 5.38. The van der Waals surface area contributed by atoms with Crippen LogP contribution in [0.1, 0.15) is 65.2 Å². The Morgan fingerprint density at radius 3 is 2.68 bits per heavy atom. The topological polar surface area (TPSA) is 58.5 Å². The van der Waals surface area contributed by atoms with Gasteiger partial charge < -0.3 is 5.32 Å². The fourth-order valence-corrected chi connectivity index (χ4v) is 4.13. The first-order valence-electron chi connectivity index (χ1n) is 9.69. The van der Waals surface area contributed by atoms with Crippen molar-refractivity contribution in [2.24, 2.45) is 16.8 Å². The van der Waals surface area contributed by atoms with Crippen LogP contribution >= 0.6 is 0 Å². The number of carbonyl (C=O) groups excluding carboxylic acids is 2. The molecule has 0 fully saturated rings. The molecule has 1 heterocycles. The van der Waals surface area contributed by atoms with Crippen molar-refractivity contribution in [3.8, 4) is 0 Å². The second-order valence-corrected chi connectivity index (χ2v) is 7.25. The molecule has 2 amide bonds. The molecule has 0 bridgehead atoms. The zero-order valence-corrected chi connectivity index (χ0v) is 15.3. The third-order valence-corrected chi connectivity index (χ3v) is 5.38. The molecule has 25 heavy (non-hydrogen) atoms. The number of allylic oxidation sites excluding steroid dienone is 3. The fraction of sp³-hybridized carbons (Fsp3) is 0.571. The van der Waals surface area contributed by atoms with Gasteiger partial charge in [-0.15, -0.1) is 0 Å². The van der Waals surface area contributed by atoms with Crippen LogP contribution in [-0.4, -0.2) is 17.5 Å². The Kier molecular flexibility index (Phi) is 5.67. The molecule has 0 aromatic heterocycles. The number of carbonyl (C=O) groups is 2. The number of hydrogen-bond acceptors (Lipinski definition) is 2. The Balaban J connectivity index is 1.81. The lowest BCUT2D eigenvalue weighted by Crippen LogP contribution is -2.37. The summed E-state index contributed by atoms with van der Waals surface area (Å²) in [5.74, 6) is 0.177. The minimum absolute atomic E-state index is 0.0145. The minimum atomic E-state index is -0.0293. The highest BCUT2D eigenvalue weighted by atomic mass is 16.2. The Morgan fingerprint density at radius 1 is 1.24 bits per heavy atom. The second-order valence-electron chi connectivity index (χ2n) is 7.25. The Morgan fingerprint density at radius 2 is 1.96 bits per heavy atom. The van der Waals surface area contributed by atoms with E-state index in [2.05, 4.69) is 30.2 Å². The molecule has 0 radical (unpaired) electrons. The predicted octanol–water partition coefficient (Wildman–Crippen LogP) is 4.24. The van der Waals surface area contributed by atoms with E-state index in [1.54, 1.807) is 0 Å². The number of fused-ring (bicyclic) bond motifs is 2. The lowest BCUT2D eigenvalue weighted by molar-refractivity contribution is -0.122. The second kappa shape index (κ2) is 7.94. The first-order chi connectivity index (χ1) is 12.1. The van der Waals surface area contributed by atoms with Crippen LogP contribution in [0.5, 0.6) is 0 Å². The maximum absolute atomic E-state index is 12.5. The van der Waals surface area contributed by atoms with Crippen LogP contribution in [0, 0.1) is 11.8 Å². The molecule has 3 aliphatic rings. The van der Waals surface area contributed by atoms with E-state index in [1.165, 1.54) is 5.57 Å². The van der Waals surface area contributed by atoms with E-state index >= 15 is 0 Å². The van der Waals surface area contributed by atoms with Gasteiger partial charge in [-0.1, -0.05) is 32.8 Å². The van der Waals surface area contributed by atoms with Gasteiger partial charge in [0.15, 0.2) is 0 Å². The van der Waals surface area contributed by atoms with Gasteiger partial charge in [0.25, 0.3) is 5.91 Å². The summed E-state index contributed by atoms with van der Waals surface area (Å²) in [6.45, 7) is 4.20. The van der Waals surface area contributed by atoms with Gasteiger partial charge in [0.2, 0.25) is 5.91 Å². The Bertz CT molecular complexity index is 676. The van der Waals surface area contributed by atoms with Gasteiger partial charge in [0, 0.05) is 23.1 Å². The molecule has 0 aromatic carbocycles. The van der Waals surface area contributed by atoms with E-state index in [0.717, 1.165) is 62.6 Å². The molecule has 1 aliphatic heterocycles. The highest BCUT2D eigenvalue weighted by molar-refractivity contribution is 6.11. The molecule has 1 unspecified atom stereocenters. The van der Waals surface area contributed by atoms with E-state index in [1.807, 2.05) is 12.2 Å². The molecule has 1 N–H and O–H groups in total. The van der Waals surface area contributed by atoms with Gasteiger partial charge >= 0.3 is 0 Å². The maximum atomic E-state index is 12.5. The molecule has 0 spiro atoms. The van der Waals surface area contributed by atoms with Gasteiger partial charge in [-0.2, -0.15) is 0 Å². The van der Waals surface area contributed by atoms with Crippen molar-refractivity contribution >= 4 is 17.5 Å². The number of nitrogens with zero attached hydrogens (tertiary/aromatic N) is 1. The average Bonchev–Trinajstić information content (AvgIpc) is 2.61. The summed E-state index contributed by atoms with van der Waals surface area (Å²) in [6, 6.07) is 0. The van der Waals surface area contributed by atoms with Crippen LogP contribution in [0.15, 0.2) is 40.1 Å². The zero-order chi connectivity index (χ0) is 17.8. The fourth-order valence-electron chi connectivity index (χ4n) is 4.13. The third kappa shape index (κ3) is 3.83. The quantitative estimate of drug-likeness (QED) is 0.814. The van der Waals surface area contributed by atoms with Gasteiger partial charge in [-0.3, -0.25) is 9.59 Å². The lowest BCUT2D eigenvalue weighted by Gasteiger charge is -2.33. The summed E-state index contributed by atoms with van der Waals surface area (Å²) in [5.41, 5.74) is 3.77. The van der Waals surface area contributed by atoms with Crippen molar-refractivity contribution in [2.75, 3.05) is 0 Å². The largest absolute Gasteiger partial charge is 0.325 e. The normalized spacial score (nSPS) is 24.1. The number of hydrogen-bond donors (Lipinski definition) is 1. The van der Waals surface area contributed by atoms with Crippen LogP contribution in [-0.2, 0) is 9.59 Å². The highest BCUT2D eigenvalue weighted by Crippen LogP contribution is 2.38. The molecule has 2 aliphatic carbocycles. The SMILES string of the molecule is CCCC(CCC)C(=O)N=C1C=CC2C(=C1)NC(=O)C1=C2CCCC1. The van der Waals surface area contributed by atoms with Crippen LogP contribution in [0.4, 0.5) is 0 Å². The smallest absolute Gasteiger partial charge is 0.251 e. The summed E-state index contributed by atoms with van der Waals surface area (Å²) in [5, 5.41) is 3.02.